The molecule has 5 nitrogen and oxygen atoms in total. The molecule has 0 bridgehead atoms. The maximum absolute atomic E-state index is 6.41. The van der Waals surface area contributed by atoms with Crippen molar-refractivity contribution in [1.82, 2.24) is 15.5 Å². The van der Waals surface area contributed by atoms with E-state index in [0.29, 0.717) is 29.0 Å². The van der Waals surface area contributed by atoms with Gasteiger partial charge >= 0.3 is 0 Å². The van der Waals surface area contributed by atoms with Crippen LogP contribution in [0.3, 0.4) is 0 Å². The van der Waals surface area contributed by atoms with Crippen molar-refractivity contribution >= 4 is 0 Å². The number of nitrogens with two attached hydrogens (primary N) is 1. The molecule has 7 unspecified atom stereocenters. The minimum atomic E-state index is 0.0505. The number of nitrogens with zero attached hydrogens (tertiary/aromatic N) is 1. The Hall–Kier alpha value is -0.720. The van der Waals surface area contributed by atoms with Crippen molar-refractivity contribution in [3.05, 3.63) is 23.8 Å². The fraction of sp³-hybridized carbons (Fsp3) is 0.846. The zero-order chi connectivity index (χ0) is 22.4. The van der Waals surface area contributed by atoms with Gasteiger partial charge in [0.05, 0.1) is 19.9 Å². The first-order valence-electron chi connectivity index (χ1n) is 12.8. The van der Waals surface area contributed by atoms with Crippen molar-refractivity contribution in [2.24, 2.45) is 28.4 Å². The third-order valence-electron chi connectivity index (χ3n) is 9.59. The first-order chi connectivity index (χ1) is 14.6. The standard InChI is InChI=1S/C26H47N5/c1-18(12-15-31-17-30(6)24-22(31)23(27)28-16-29-24)8-10-20-19(2)9-11-21-25(3,4)13-7-14-26(20,21)5/h12,20-24,28-29H,2,7-11,13-17,27H2,1,3-6H3/p+1. The molecule has 2 aliphatic carbocycles. The average Bonchev–Trinajstić information content (AvgIpc) is 3.02. The smallest absolute Gasteiger partial charge is 0.162 e. The van der Waals surface area contributed by atoms with Gasteiger partial charge in [-0.05, 0) is 68.1 Å². The first kappa shape index (κ1) is 23.4. The molecule has 2 saturated carbocycles. The second-order valence-corrected chi connectivity index (χ2v) is 12.1. The fourth-order valence-corrected chi connectivity index (χ4v) is 7.90. The zero-order valence-corrected chi connectivity index (χ0v) is 20.8. The average molecular weight is 431 g/mol. The van der Waals surface area contributed by atoms with Crippen LogP contribution >= 0.6 is 0 Å². The van der Waals surface area contributed by atoms with E-state index < -0.39 is 0 Å². The Morgan fingerprint density at radius 1 is 1.29 bits per heavy atom. The Morgan fingerprint density at radius 3 is 2.84 bits per heavy atom. The van der Waals surface area contributed by atoms with E-state index in [4.69, 9.17) is 5.73 Å². The van der Waals surface area contributed by atoms with Gasteiger partial charge in [-0.25, -0.2) is 4.90 Å². The van der Waals surface area contributed by atoms with Crippen LogP contribution in [-0.2, 0) is 0 Å². The Labute approximate surface area is 190 Å². The SMILES string of the molecule is C=C1CCC2C(C)(C)CCCC2(C)C1CCC(C)=CCN1C[NH+](C)C2NCNC(N)C21. The summed E-state index contributed by atoms with van der Waals surface area (Å²) in [6.07, 6.45) is 12.2. The second-order valence-electron chi connectivity index (χ2n) is 12.1. The Bertz CT molecular complexity index is 700. The highest BCUT2D eigenvalue weighted by Crippen LogP contribution is 2.61. The van der Waals surface area contributed by atoms with E-state index in [-0.39, 0.29) is 6.17 Å². The zero-order valence-electron chi connectivity index (χ0n) is 20.8. The predicted molar refractivity (Wildman–Crippen MR) is 129 cm³/mol. The normalized spacial score (nSPS) is 43.5. The van der Waals surface area contributed by atoms with Gasteiger partial charge in [0.2, 0.25) is 0 Å². The summed E-state index contributed by atoms with van der Waals surface area (Å²) in [6.45, 7) is 17.4. The molecule has 4 fully saturated rings. The number of quaternary nitrogens is 1. The van der Waals surface area contributed by atoms with Crippen LogP contribution in [0.1, 0.15) is 72.6 Å². The van der Waals surface area contributed by atoms with E-state index in [9.17, 15) is 0 Å². The fourth-order valence-electron chi connectivity index (χ4n) is 7.90. The summed E-state index contributed by atoms with van der Waals surface area (Å²) in [5.41, 5.74) is 10.4. The van der Waals surface area contributed by atoms with Crippen molar-refractivity contribution in [1.29, 1.82) is 0 Å². The number of nitrogens with one attached hydrogen (secondary N) is 3. The molecule has 2 saturated heterocycles. The predicted octanol–water partition coefficient (Wildman–Crippen LogP) is 2.43. The highest BCUT2D eigenvalue weighted by molar-refractivity contribution is 5.16. The highest BCUT2D eigenvalue weighted by Gasteiger charge is 2.52. The lowest BCUT2D eigenvalue weighted by Crippen LogP contribution is -3.14. The Morgan fingerprint density at radius 2 is 2.06 bits per heavy atom. The molecule has 31 heavy (non-hydrogen) atoms. The molecule has 0 amide bonds. The van der Waals surface area contributed by atoms with Crippen molar-refractivity contribution < 1.29 is 4.90 Å². The van der Waals surface area contributed by atoms with Gasteiger partial charge < -0.3 is 10.6 Å². The minimum Gasteiger partial charge on any atom is -0.314 e. The molecular weight excluding hydrogens is 382 g/mol. The minimum absolute atomic E-state index is 0.0505. The number of rotatable bonds is 5. The molecule has 5 heteroatoms. The van der Waals surface area contributed by atoms with Crippen LogP contribution in [0, 0.1) is 22.7 Å². The van der Waals surface area contributed by atoms with E-state index in [1.54, 1.807) is 0 Å². The molecule has 5 N–H and O–H groups in total. The maximum Gasteiger partial charge on any atom is 0.162 e. The lowest BCUT2D eigenvalue weighted by molar-refractivity contribution is -0.900. The second kappa shape index (κ2) is 8.90. The molecular formula is C26H48N5+. The van der Waals surface area contributed by atoms with Gasteiger partial charge in [0.25, 0.3) is 0 Å². The number of hydrogen-bond acceptors (Lipinski definition) is 4. The largest absolute Gasteiger partial charge is 0.314 e. The van der Waals surface area contributed by atoms with Gasteiger partial charge in [-0.15, -0.1) is 0 Å². The van der Waals surface area contributed by atoms with Gasteiger partial charge in [-0.1, -0.05) is 51.0 Å². The third kappa shape index (κ3) is 4.41. The van der Waals surface area contributed by atoms with Gasteiger partial charge in [0.1, 0.15) is 12.7 Å². The van der Waals surface area contributed by atoms with Crippen LogP contribution in [-0.4, -0.2) is 50.2 Å². The first-order valence-corrected chi connectivity index (χ1v) is 12.8. The number of fused-ring (bicyclic) bond motifs is 2. The Balaban J connectivity index is 1.38. The summed E-state index contributed by atoms with van der Waals surface area (Å²) in [5, 5.41) is 6.97. The van der Waals surface area contributed by atoms with Crippen LogP contribution in [0.15, 0.2) is 23.8 Å². The van der Waals surface area contributed by atoms with Crippen LogP contribution < -0.4 is 21.3 Å². The van der Waals surface area contributed by atoms with Crippen molar-refractivity contribution in [2.45, 2.75) is 91.0 Å². The summed E-state index contributed by atoms with van der Waals surface area (Å²) >= 11 is 0. The molecule has 4 rings (SSSR count). The van der Waals surface area contributed by atoms with Gasteiger partial charge in [0, 0.05) is 6.54 Å². The molecule has 2 aliphatic heterocycles. The quantitative estimate of drug-likeness (QED) is 0.506. The van der Waals surface area contributed by atoms with Crippen molar-refractivity contribution in [3.8, 4) is 0 Å². The highest BCUT2D eigenvalue weighted by atomic mass is 15.5. The Kier molecular flexibility index (Phi) is 6.73. The molecule has 0 radical (unpaired) electrons. The number of allylic oxidation sites excluding steroid dienone is 2. The van der Waals surface area contributed by atoms with Gasteiger partial charge in [-0.3, -0.25) is 10.6 Å². The molecule has 0 spiro atoms. The lowest BCUT2D eigenvalue weighted by atomic mass is 9.47. The third-order valence-corrected chi connectivity index (χ3v) is 9.59. The topological polar surface area (TPSA) is 57.8 Å². The van der Waals surface area contributed by atoms with Crippen LogP contribution in [0.5, 0.6) is 0 Å². The lowest BCUT2D eigenvalue weighted by Gasteiger charge is -2.58. The summed E-state index contributed by atoms with van der Waals surface area (Å²) in [5.74, 6) is 1.53. The van der Waals surface area contributed by atoms with E-state index in [1.165, 1.54) is 61.0 Å². The van der Waals surface area contributed by atoms with Crippen LogP contribution in [0.4, 0.5) is 0 Å². The summed E-state index contributed by atoms with van der Waals surface area (Å²) in [4.78, 5) is 4.07. The summed E-state index contributed by atoms with van der Waals surface area (Å²) < 4.78 is 0. The summed E-state index contributed by atoms with van der Waals surface area (Å²) in [6, 6.07) is 0.361. The summed E-state index contributed by atoms with van der Waals surface area (Å²) in [7, 11) is 2.27. The number of likely N-dealkylation sites (N-methyl/N-ethyl adjacent to an activating group) is 1. The van der Waals surface area contributed by atoms with E-state index >= 15 is 0 Å². The van der Waals surface area contributed by atoms with E-state index in [1.807, 2.05) is 0 Å². The van der Waals surface area contributed by atoms with Gasteiger partial charge in [-0.2, -0.15) is 0 Å². The number of hydrogen-bond donors (Lipinski definition) is 4. The molecule has 176 valence electrons. The molecule has 4 aliphatic rings. The van der Waals surface area contributed by atoms with Crippen LogP contribution in [0.2, 0.25) is 0 Å². The molecule has 0 aromatic carbocycles. The van der Waals surface area contributed by atoms with E-state index in [0.717, 1.165) is 25.8 Å². The molecule has 0 aromatic heterocycles. The van der Waals surface area contributed by atoms with Crippen LogP contribution in [0.25, 0.3) is 0 Å². The molecule has 2 heterocycles. The van der Waals surface area contributed by atoms with E-state index in [2.05, 4.69) is 62.9 Å². The molecule has 7 atom stereocenters. The van der Waals surface area contributed by atoms with Crippen molar-refractivity contribution in [2.75, 3.05) is 26.9 Å². The monoisotopic (exact) mass is 430 g/mol. The maximum atomic E-state index is 6.41. The van der Waals surface area contributed by atoms with Gasteiger partial charge in [0.15, 0.2) is 6.17 Å². The van der Waals surface area contributed by atoms with Crippen molar-refractivity contribution in [3.63, 3.8) is 0 Å². The molecule has 0 aromatic rings.